The lowest BCUT2D eigenvalue weighted by Gasteiger charge is -2.07. The number of carbonyl (C=O) groups excluding carboxylic acids is 1. The molecule has 1 fully saturated rings. The van der Waals surface area contributed by atoms with Crippen LogP contribution in [0.5, 0.6) is 0 Å². The first-order valence-corrected chi connectivity index (χ1v) is 6.03. The topological polar surface area (TPSA) is 29.1 Å². The lowest BCUT2D eigenvalue weighted by atomic mass is 10.1. The van der Waals surface area contributed by atoms with E-state index in [2.05, 4.69) is 21.2 Å². The molecular formula is C7H12BrNOS. The third-order valence-corrected chi connectivity index (χ3v) is 3.25. The molecule has 1 unspecified atom stereocenters. The zero-order valence-corrected chi connectivity index (χ0v) is 8.71. The van der Waals surface area contributed by atoms with Crippen LogP contribution in [0.2, 0.25) is 0 Å². The van der Waals surface area contributed by atoms with Gasteiger partial charge in [0.15, 0.2) is 0 Å². The number of carbonyl (C=O) groups is 1. The fourth-order valence-corrected chi connectivity index (χ4v) is 2.47. The van der Waals surface area contributed by atoms with Gasteiger partial charge in [0.1, 0.15) is 0 Å². The predicted molar refractivity (Wildman–Crippen MR) is 52.2 cm³/mol. The largest absolute Gasteiger partial charge is 0.355 e. The lowest BCUT2D eigenvalue weighted by molar-refractivity contribution is -0.124. The molecule has 1 aliphatic heterocycles. The van der Waals surface area contributed by atoms with Crippen LogP contribution in [-0.2, 0) is 4.79 Å². The zero-order valence-electron chi connectivity index (χ0n) is 6.31. The molecule has 0 saturated carbocycles. The Morgan fingerprint density at radius 1 is 1.73 bits per heavy atom. The maximum absolute atomic E-state index is 11.3. The van der Waals surface area contributed by atoms with Crippen LogP contribution in [0.15, 0.2) is 0 Å². The number of alkyl halides is 1. The minimum atomic E-state index is 0.231. The zero-order chi connectivity index (χ0) is 8.10. The Bertz CT molecular complexity index is 136. The molecule has 1 saturated heterocycles. The van der Waals surface area contributed by atoms with Crippen molar-refractivity contribution in [2.24, 2.45) is 5.92 Å². The first kappa shape index (κ1) is 9.39. The molecule has 11 heavy (non-hydrogen) atoms. The first-order chi connectivity index (χ1) is 5.34. The van der Waals surface area contributed by atoms with Gasteiger partial charge in [0, 0.05) is 23.5 Å². The van der Waals surface area contributed by atoms with Crippen LogP contribution >= 0.6 is 27.7 Å². The van der Waals surface area contributed by atoms with E-state index >= 15 is 0 Å². The van der Waals surface area contributed by atoms with Crippen molar-refractivity contribution < 1.29 is 4.79 Å². The molecule has 1 aliphatic rings. The standard InChI is InChI=1S/C7H12BrNOS/c8-2-3-9-7(10)6-1-4-11-5-6/h6H,1-5H2,(H,9,10). The van der Waals surface area contributed by atoms with Crippen LogP contribution < -0.4 is 5.32 Å². The summed E-state index contributed by atoms with van der Waals surface area (Å²) in [6.45, 7) is 0.750. The third kappa shape index (κ3) is 3.03. The molecule has 0 spiro atoms. The maximum Gasteiger partial charge on any atom is 0.224 e. The van der Waals surface area contributed by atoms with Gasteiger partial charge in [-0.25, -0.2) is 0 Å². The van der Waals surface area contributed by atoms with E-state index in [-0.39, 0.29) is 11.8 Å². The molecule has 2 nitrogen and oxygen atoms in total. The van der Waals surface area contributed by atoms with Crippen LogP contribution in [0.4, 0.5) is 0 Å². The molecule has 64 valence electrons. The quantitative estimate of drug-likeness (QED) is 0.750. The third-order valence-electron chi connectivity index (χ3n) is 1.69. The van der Waals surface area contributed by atoms with Gasteiger partial charge in [-0.2, -0.15) is 11.8 Å². The van der Waals surface area contributed by atoms with E-state index in [1.165, 1.54) is 0 Å². The van der Waals surface area contributed by atoms with Gasteiger partial charge in [0.05, 0.1) is 0 Å². The van der Waals surface area contributed by atoms with E-state index in [0.717, 1.165) is 29.8 Å². The molecule has 1 rings (SSSR count). The van der Waals surface area contributed by atoms with Gasteiger partial charge in [0.2, 0.25) is 5.91 Å². The van der Waals surface area contributed by atoms with Gasteiger partial charge in [-0.3, -0.25) is 4.79 Å². The smallest absolute Gasteiger partial charge is 0.224 e. The summed E-state index contributed by atoms with van der Waals surface area (Å²) in [5, 5.41) is 3.72. The Labute approximate surface area is 79.6 Å². The molecule has 1 N–H and O–H groups in total. The van der Waals surface area contributed by atoms with Crippen molar-refractivity contribution in [3.63, 3.8) is 0 Å². The Morgan fingerprint density at radius 2 is 2.55 bits per heavy atom. The number of amides is 1. The number of rotatable bonds is 3. The Balaban J connectivity index is 2.17. The summed E-state index contributed by atoms with van der Waals surface area (Å²) < 4.78 is 0. The van der Waals surface area contributed by atoms with Crippen molar-refractivity contribution in [3.05, 3.63) is 0 Å². The second-order valence-corrected chi connectivity index (χ2v) is 4.48. The Hall–Kier alpha value is 0.300. The van der Waals surface area contributed by atoms with E-state index in [4.69, 9.17) is 0 Å². The summed E-state index contributed by atoms with van der Waals surface area (Å²) in [7, 11) is 0. The molecular weight excluding hydrogens is 226 g/mol. The molecule has 0 bridgehead atoms. The number of hydrogen-bond donors (Lipinski definition) is 1. The van der Waals surface area contributed by atoms with Gasteiger partial charge in [-0.1, -0.05) is 15.9 Å². The lowest BCUT2D eigenvalue weighted by Crippen LogP contribution is -2.31. The fraction of sp³-hybridized carbons (Fsp3) is 0.857. The summed E-state index contributed by atoms with van der Waals surface area (Å²) in [6, 6.07) is 0. The highest BCUT2D eigenvalue weighted by Gasteiger charge is 2.22. The minimum Gasteiger partial charge on any atom is -0.355 e. The van der Waals surface area contributed by atoms with Crippen molar-refractivity contribution in [1.82, 2.24) is 5.32 Å². The summed E-state index contributed by atoms with van der Waals surface area (Å²) in [5.41, 5.74) is 0. The van der Waals surface area contributed by atoms with Gasteiger partial charge < -0.3 is 5.32 Å². The summed E-state index contributed by atoms with van der Waals surface area (Å²) in [4.78, 5) is 11.3. The van der Waals surface area contributed by atoms with E-state index < -0.39 is 0 Å². The fourth-order valence-electron chi connectivity index (χ4n) is 1.06. The van der Waals surface area contributed by atoms with Gasteiger partial charge in [-0.15, -0.1) is 0 Å². The maximum atomic E-state index is 11.3. The van der Waals surface area contributed by atoms with Crippen LogP contribution in [-0.4, -0.2) is 29.3 Å². The van der Waals surface area contributed by atoms with Crippen molar-refractivity contribution >= 4 is 33.6 Å². The highest BCUT2D eigenvalue weighted by atomic mass is 79.9. The number of hydrogen-bond acceptors (Lipinski definition) is 2. The number of thioether (sulfide) groups is 1. The monoisotopic (exact) mass is 237 g/mol. The molecule has 1 amide bonds. The van der Waals surface area contributed by atoms with Crippen molar-refractivity contribution in [1.29, 1.82) is 0 Å². The van der Waals surface area contributed by atoms with Crippen LogP contribution in [0.25, 0.3) is 0 Å². The molecule has 4 heteroatoms. The van der Waals surface area contributed by atoms with Gasteiger partial charge in [0.25, 0.3) is 0 Å². The van der Waals surface area contributed by atoms with Gasteiger partial charge >= 0.3 is 0 Å². The highest BCUT2D eigenvalue weighted by molar-refractivity contribution is 9.09. The van der Waals surface area contributed by atoms with Crippen LogP contribution in [0, 0.1) is 5.92 Å². The van der Waals surface area contributed by atoms with Crippen LogP contribution in [0.3, 0.4) is 0 Å². The molecule has 0 aromatic heterocycles. The first-order valence-electron chi connectivity index (χ1n) is 3.76. The van der Waals surface area contributed by atoms with E-state index in [1.54, 1.807) is 0 Å². The Kier molecular flexibility index (Phi) is 4.30. The summed E-state index contributed by atoms with van der Waals surface area (Å²) in [5.74, 6) is 2.66. The average Bonchev–Trinajstić information content (AvgIpc) is 2.52. The minimum absolute atomic E-state index is 0.231. The van der Waals surface area contributed by atoms with Crippen molar-refractivity contribution in [3.8, 4) is 0 Å². The van der Waals surface area contributed by atoms with E-state index in [1.807, 2.05) is 11.8 Å². The molecule has 0 aromatic rings. The molecule has 1 heterocycles. The second-order valence-electron chi connectivity index (χ2n) is 2.54. The van der Waals surface area contributed by atoms with E-state index in [0.29, 0.717) is 0 Å². The predicted octanol–water partition coefficient (Wildman–Crippen LogP) is 1.25. The van der Waals surface area contributed by atoms with Crippen molar-refractivity contribution in [2.45, 2.75) is 6.42 Å². The summed E-state index contributed by atoms with van der Waals surface area (Å²) in [6.07, 6.45) is 1.05. The molecule has 0 aromatic carbocycles. The van der Waals surface area contributed by atoms with Crippen LogP contribution in [0.1, 0.15) is 6.42 Å². The Morgan fingerprint density at radius 3 is 3.09 bits per heavy atom. The molecule has 1 atom stereocenters. The number of halogens is 1. The average molecular weight is 238 g/mol. The highest BCUT2D eigenvalue weighted by Crippen LogP contribution is 2.23. The SMILES string of the molecule is O=C(NCCBr)C1CCSC1. The molecule has 0 aliphatic carbocycles. The summed E-state index contributed by atoms with van der Waals surface area (Å²) >= 11 is 5.14. The van der Waals surface area contributed by atoms with E-state index in [9.17, 15) is 4.79 Å². The van der Waals surface area contributed by atoms with Gasteiger partial charge in [-0.05, 0) is 12.2 Å². The number of nitrogens with one attached hydrogen (secondary N) is 1. The normalized spacial score (nSPS) is 23.5. The second kappa shape index (κ2) is 5.04. The molecule has 0 radical (unpaired) electrons. The van der Waals surface area contributed by atoms with Crippen molar-refractivity contribution in [2.75, 3.05) is 23.4 Å².